The zero-order valence-electron chi connectivity index (χ0n) is 7.34. The van der Waals surface area contributed by atoms with Crippen LogP contribution in [-0.4, -0.2) is 6.29 Å². The Balaban J connectivity index is 2.95. The highest BCUT2D eigenvalue weighted by molar-refractivity contribution is 14.1. The third-order valence-corrected chi connectivity index (χ3v) is 2.55. The van der Waals surface area contributed by atoms with Crippen LogP contribution in [0.15, 0.2) is 18.2 Å². The van der Waals surface area contributed by atoms with Crippen LogP contribution >= 0.6 is 22.6 Å². The third-order valence-electron chi connectivity index (χ3n) is 1.87. The summed E-state index contributed by atoms with van der Waals surface area (Å²) in [6, 6.07) is 4.89. The SMILES string of the molecule is O=CCCc1ccc(I)cc1C(F)F. The van der Waals surface area contributed by atoms with Gasteiger partial charge in [0.2, 0.25) is 0 Å². The first kappa shape index (κ1) is 11.6. The molecule has 0 aliphatic rings. The minimum absolute atomic E-state index is 0.0405. The van der Waals surface area contributed by atoms with E-state index in [0.717, 1.165) is 9.86 Å². The summed E-state index contributed by atoms with van der Waals surface area (Å²) >= 11 is 1.99. The van der Waals surface area contributed by atoms with Crippen LogP contribution in [0.25, 0.3) is 0 Å². The normalized spacial score (nSPS) is 10.6. The van der Waals surface area contributed by atoms with Gasteiger partial charge in [0.05, 0.1) is 0 Å². The van der Waals surface area contributed by atoms with E-state index in [-0.39, 0.29) is 5.56 Å². The van der Waals surface area contributed by atoms with Gasteiger partial charge in [-0.1, -0.05) is 6.07 Å². The molecule has 76 valence electrons. The van der Waals surface area contributed by atoms with Gasteiger partial charge in [-0.25, -0.2) is 8.78 Å². The van der Waals surface area contributed by atoms with Crippen molar-refractivity contribution in [2.24, 2.45) is 0 Å². The van der Waals surface area contributed by atoms with E-state index in [1.807, 2.05) is 22.6 Å². The van der Waals surface area contributed by atoms with Gasteiger partial charge in [-0.05, 0) is 46.7 Å². The summed E-state index contributed by atoms with van der Waals surface area (Å²) in [4.78, 5) is 10.1. The molecule has 1 aromatic rings. The van der Waals surface area contributed by atoms with Gasteiger partial charge >= 0.3 is 0 Å². The molecule has 0 amide bonds. The largest absolute Gasteiger partial charge is 0.303 e. The van der Waals surface area contributed by atoms with E-state index in [1.165, 1.54) is 6.07 Å². The first-order chi connectivity index (χ1) is 6.65. The van der Waals surface area contributed by atoms with Crippen molar-refractivity contribution in [3.63, 3.8) is 0 Å². The second-order valence-electron chi connectivity index (χ2n) is 2.85. The Morgan fingerprint density at radius 1 is 1.43 bits per heavy atom. The molecule has 1 aromatic carbocycles. The number of carbonyl (C=O) groups is 1. The highest BCUT2D eigenvalue weighted by atomic mass is 127. The van der Waals surface area contributed by atoms with Crippen molar-refractivity contribution in [2.75, 3.05) is 0 Å². The van der Waals surface area contributed by atoms with Crippen molar-refractivity contribution in [3.8, 4) is 0 Å². The van der Waals surface area contributed by atoms with Crippen LogP contribution in [0.1, 0.15) is 24.0 Å². The molecule has 0 spiro atoms. The van der Waals surface area contributed by atoms with Gasteiger partial charge in [-0.3, -0.25) is 0 Å². The van der Waals surface area contributed by atoms with Gasteiger partial charge in [-0.15, -0.1) is 0 Å². The molecule has 0 aliphatic heterocycles. The molecule has 0 N–H and O–H groups in total. The topological polar surface area (TPSA) is 17.1 Å². The first-order valence-corrected chi connectivity index (χ1v) is 5.23. The second-order valence-corrected chi connectivity index (χ2v) is 4.09. The average molecular weight is 310 g/mol. The minimum Gasteiger partial charge on any atom is -0.303 e. The number of aldehydes is 1. The molecule has 0 saturated carbocycles. The summed E-state index contributed by atoms with van der Waals surface area (Å²) in [6.45, 7) is 0. The fraction of sp³-hybridized carbons (Fsp3) is 0.300. The van der Waals surface area contributed by atoms with Crippen LogP contribution in [0, 0.1) is 3.57 Å². The van der Waals surface area contributed by atoms with Gasteiger partial charge in [0.1, 0.15) is 6.29 Å². The summed E-state index contributed by atoms with van der Waals surface area (Å²) < 4.78 is 25.9. The van der Waals surface area contributed by atoms with Gasteiger partial charge in [0, 0.05) is 15.6 Å². The van der Waals surface area contributed by atoms with Crippen molar-refractivity contribution >= 4 is 28.9 Å². The van der Waals surface area contributed by atoms with Crippen LogP contribution in [0.2, 0.25) is 0 Å². The summed E-state index contributed by atoms with van der Waals surface area (Å²) in [5, 5.41) is 0. The Bertz CT molecular complexity index is 326. The number of aryl methyl sites for hydroxylation is 1. The van der Waals surface area contributed by atoms with E-state index in [4.69, 9.17) is 0 Å². The zero-order valence-corrected chi connectivity index (χ0v) is 9.50. The molecule has 14 heavy (non-hydrogen) atoms. The maximum atomic E-state index is 12.5. The Labute approximate surface area is 94.6 Å². The second kappa shape index (κ2) is 5.38. The number of benzene rings is 1. The molecule has 0 bridgehead atoms. The number of hydrogen-bond acceptors (Lipinski definition) is 1. The summed E-state index contributed by atoms with van der Waals surface area (Å²) in [5.41, 5.74) is 0.603. The highest BCUT2D eigenvalue weighted by Crippen LogP contribution is 2.25. The van der Waals surface area contributed by atoms with Gasteiger partial charge in [0.15, 0.2) is 0 Å². The Morgan fingerprint density at radius 3 is 2.71 bits per heavy atom. The van der Waals surface area contributed by atoms with Gasteiger partial charge in [-0.2, -0.15) is 0 Å². The third kappa shape index (κ3) is 3.01. The molecule has 0 aliphatic carbocycles. The van der Waals surface area contributed by atoms with Crippen LogP contribution in [0.5, 0.6) is 0 Å². The molecule has 0 atom stereocenters. The monoisotopic (exact) mass is 310 g/mol. The minimum atomic E-state index is -2.47. The number of hydrogen-bond donors (Lipinski definition) is 0. The average Bonchev–Trinajstić information content (AvgIpc) is 2.15. The van der Waals surface area contributed by atoms with Crippen LogP contribution in [0.3, 0.4) is 0 Å². The first-order valence-electron chi connectivity index (χ1n) is 4.15. The predicted molar refractivity (Wildman–Crippen MR) is 58.5 cm³/mol. The van der Waals surface area contributed by atoms with Gasteiger partial charge in [0.25, 0.3) is 6.43 Å². The van der Waals surface area contributed by atoms with E-state index in [2.05, 4.69) is 0 Å². The predicted octanol–water partition coefficient (Wildman–Crippen LogP) is 3.36. The quantitative estimate of drug-likeness (QED) is 0.616. The standard InChI is InChI=1S/C10H9F2IO/c11-10(12)9-6-8(13)4-3-7(9)2-1-5-14/h3-6,10H,1-2H2. The van der Waals surface area contributed by atoms with Crippen LogP contribution in [-0.2, 0) is 11.2 Å². The molecule has 0 heterocycles. The lowest BCUT2D eigenvalue weighted by atomic mass is 10.0. The van der Waals surface area contributed by atoms with Crippen molar-refractivity contribution in [1.29, 1.82) is 0 Å². The van der Waals surface area contributed by atoms with Crippen molar-refractivity contribution in [3.05, 3.63) is 32.9 Å². The lowest BCUT2D eigenvalue weighted by Gasteiger charge is -2.07. The highest BCUT2D eigenvalue weighted by Gasteiger charge is 2.12. The van der Waals surface area contributed by atoms with E-state index in [9.17, 15) is 13.6 Å². The molecule has 0 unspecified atom stereocenters. The molecule has 1 nitrogen and oxygen atoms in total. The lowest BCUT2D eigenvalue weighted by Crippen LogP contribution is -1.96. The lowest BCUT2D eigenvalue weighted by molar-refractivity contribution is -0.107. The summed E-state index contributed by atoms with van der Waals surface area (Å²) in [5.74, 6) is 0. The number of alkyl halides is 2. The fourth-order valence-corrected chi connectivity index (χ4v) is 1.73. The smallest absolute Gasteiger partial charge is 0.264 e. The van der Waals surface area contributed by atoms with Crippen molar-refractivity contribution in [1.82, 2.24) is 0 Å². The Kier molecular flexibility index (Phi) is 4.44. The number of halogens is 3. The van der Waals surface area contributed by atoms with Crippen LogP contribution in [0.4, 0.5) is 8.78 Å². The van der Waals surface area contributed by atoms with Crippen molar-refractivity contribution in [2.45, 2.75) is 19.3 Å². The maximum absolute atomic E-state index is 12.5. The zero-order chi connectivity index (χ0) is 10.6. The van der Waals surface area contributed by atoms with Crippen LogP contribution < -0.4 is 0 Å². The number of rotatable bonds is 4. The summed E-state index contributed by atoms with van der Waals surface area (Å²) in [6.07, 6.45) is -1.04. The van der Waals surface area contributed by atoms with E-state index < -0.39 is 6.43 Å². The molecule has 4 heteroatoms. The molecule has 0 radical (unpaired) electrons. The number of carbonyl (C=O) groups excluding carboxylic acids is 1. The molecule has 0 fully saturated rings. The van der Waals surface area contributed by atoms with Crippen molar-refractivity contribution < 1.29 is 13.6 Å². The Hall–Kier alpha value is -0.520. The van der Waals surface area contributed by atoms with E-state index >= 15 is 0 Å². The molecule has 0 aromatic heterocycles. The molecule has 0 saturated heterocycles. The fourth-order valence-electron chi connectivity index (χ4n) is 1.21. The molecular weight excluding hydrogens is 301 g/mol. The molecular formula is C10H9F2IO. The van der Waals surface area contributed by atoms with Gasteiger partial charge < -0.3 is 4.79 Å². The van der Waals surface area contributed by atoms with E-state index in [0.29, 0.717) is 18.4 Å². The summed E-state index contributed by atoms with van der Waals surface area (Å²) in [7, 11) is 0. The maximum Gasteiger partial charge on any atom is 0.264 e. The molecule has 1 rings (SSSR count). The van der Waals surface area contributed by atoms with E-state index in [1.54, 1.807) is 12.1 Å². The Morgan fingerprint density at radius 2 is 2.14 bits per heavy atom.